The number of rotatable bonds is 7. The molecule has 0 radical (unpaired) electrons. The Bertz CT molecular complexity index is 1690. The molecule has 10 nitrogen and oxygen atoms in total. The molecule has 0 spiro atoms. The van der Waals surface area contributed by atoms with Crippen LogP contribution in [0.5, 0.6) is 0 Å². The van der Waals surface area contributed by atoms with Crippen LogP contribution in [0.1, 0.15) is 51.4 Å². The van der Waals surface area contributed by atoms with Crippen LogP contribution in [0.3, 0.4) is 0 Å². The van der Waals surface area contributed by atoms with E-state index in [1.165, 1.54) is 30.7 Å². The number of anilines is 3. The number of fused-ring (bicyclic) bond motifs is 1. The first-order chi connectivity index (χ1) is 19.8. The maximum Gasteiger partial charge on any atom is 0.280 e. The number of likely N-dealkylation sites (tertiary alicyclic amines) is 1. The van der Waals surface area contributed by atoms with E-state index in [-0.39, 0.29) is 39.6 Å². The van der Waals surface area contributed by atoms with E-state index in [0.717, 1.165) is 29.5 Å². The number of benzene rings is 2. The van der Waals surface area contributed by atoms with Crippen LogP contribution >= 0.6 is 0 Å². The summed E-state index contributed by atoms with van der Waals surface area (Å²) < 4.78 is 52.5. The highest BCUT2D eigenvalue weighted by atomic mass is 32.2. The molecule has 1 amide bonds. The fourth-order valence-electron chi connectivity index (χ4n) is 5.35. The van der Waals surface area contributed by atoms with Crippen LogP contribution in [0.15, 0.2) is 70.5 Å². The van der Waals surface area contributed by atoms with Gasteiger partial charge >= 0.3 is 0 Å². The van der Waals surface area contributed by atoms with Gasteiger partial charge in [-0.2, -0.15) is 8.42 Å². The van der Waals surface area contributed by atoms with Crippen LogP contribution < -0.4 is 10.0 Å². The number of carbonyl (C=O) groups excluding carboxylic acids is 1. The van der Waals surface area contributed by atoms with Crippen molar-refractivity contribution >= 4 is 33.1 Å². The normalized spacial score (nSPS) is 15.5. The smallest absolute Gasteiger partial charge is 0.280 e. The number of aromatic nitrogens is 2. The van der Waals surface area contributed by atoms with Gasteiger partial charge in [-0.25, -0.2) is 9.37 Å². The van der Waals surface area contributed by atoms with Crippen molar-refractivity contribution in [1.29, 1.82) is 0 Å². The SMILES string of the molecule is Cc1c(S(=O)(=O)Nc2ccon2)ncc(C(=O)N2CCC(c3ccc(F)cc3)CC2)c1Nc1ccc2c(c1)COC2. The molecular weight excluding hydrogens is 549 g/mol. The minimum atomic E-state index is -4.14. The molecule has 4 aromatic rings. The van der Waals surface area contributed by atoms with E-state index in [0.29, 0.717) is 37.7 Å². The standard InChI is InChI=1S/C29H28FN5O5S/c1-18-27(32-24-7-4-21-16-39-17-22(21)14-24)25(15-31-28(18)41(37,38)34-26-10-13-40-33-26)29(36)35-11-8-20(9-12-35)19-2-5-23(30)6-3-19/h2-7,10,13-15,20H,8-9,11-12,16-17H2,1H3,(H,31,32)(H,33,34). The average Bonchev–Trinajstić information content (AvgIpc) is 3.66. The Kier molecular flexibility index (Phi) is 7.18. The summed E-state index contributed by atoms with van der Waals surface area (Å²) >= 11 is 0. The lowest BCUT2D eigenvalue weighted by Crippen LogP contribution is -2.38. The number of piperidine rings is 1. The van der Waals surface area contributed by atoms with Gasteiger partial charge in [0.1, 0.15) is 12.1 Å². The van der Waals surface area contributed by atoms with E-state index < -0.39 is 10.0 Å². The highest BCUT2D eigenvalue weighted by Gasteiger charge is 2.30. The fraction of sp³-hybridized carbons (Fsp3) is 0.276. The number of hydrogen-bond acceptors (Lipinski definition) is 8. The minimum Gasteiger partial charge on any atom is -0.372 e. The van der Waals surface area contributed by atoms with E-state index in [2.05, 4.69) is 20.2 Å². The summed E-state index contributed by atoms with van der Waals surface area (Å²) in [5.74, 6) is -0.287. The summed E-state index contributed by atoms with van der Waals surface area (Å²) in [7, 11) is -4.14. The van der Waals surface area contributed by atoms with Crippen molar-refractivity contribution in [2.75, 3.05) is 23.1 Å². The van der Waals surface area contributed by atoms with Crippen molar-refractivity contribution in [2.24, 2.45) is 0 Å². The summed E-state index contributed by atoms with van der Waals surface area (Å²) in [5.41, 5.74) is 4.75. The van der Waals surface area contributed by atoms with E-state index in [1.807, 2.05) is 18.2 Å². The van der Waals surface area contributed by atoms with Crippen molar-refractivity contribution in [3.63, 3.8) is 0 Å². The number of carbonyl (C=O) groups is 1. The molecule has 2 aromatic heterocycles. The van der Waals surface area contributed by atoms with Gasteiger partial charge in [-0.3, -0.25) is 9.52 Å². The molecule has 1 saturated heterocycles. The Balaban J connectivity index is 1.31. The Morgan fingerprint density at radius 1 is 1.05 bits per heavy atom. The Morgan fingerprint density at radius 3 is 2.54 bits per heavy atom. The number of halogens is 1. The molecule has 4 heterocycles. The van der Waals surface area contributed by atoms with E-state index in [4.69, 9.17) is 9.26 Å². The molecule has 12 heteroatoms. The zero-order valence-corrected chi connectivity index (χ0v) is 23.1. The van der Waals surface area contributed by atoms with Crippen molar-refractivity contribution in [1.82, 2.24) is 15.0 Å². The van der Waals surface area contributed by atoms with Gasteiger partial charge in [-0.05, 0) is 66.6 Å². The maximum absolute atomic E-state index is 13.8. The first-order valence-electron chi connectivity index (χ1n) is 13.2. The third-order valence-corrected chi connectivity index (χ3v) is 8.95. The number of nitrogens with one attached hydrogen (secondary N) is 2. The highest BCUT2D eigenvalue weighted by Crippen LogP contribution is 2.34. The van der Waals surface area contributed by atoms with Crippen LogP contribution in [0.25, 0.3) is 0 Å². The number of pyridine rings is 1. The van der Waals surface area contributed by atoms with E-state index >= 15 is 0 Å². The van der Waals surface area contributed by atoms with Crippen LogP contribution in [0.4, 0.5) is 21.6 Å². The van der Waals surface area contributed by atoms with Crippen LogP contribution in [0, 0.1) is 12.7 Å². The third kappa shape index (κ3) is 5.52. The molecule has 2 aromatic carbocycles. The second kappa shape index (κ2) is 10.9. The maximum atomic E-state index is 13.8. The van der Waals surface area contributed by atoms with Crippen LogP contribution in [-0.4, -0.2) is 42.5 Å². The Morgan fingerprint density at radius 2 is 1.80 bits per heavy atom. The largest absolute Gasteiger partial charge is 0.372 e. The number of amides is 1. The average molecular weight is 578 g/mol. The molecule has 212 valence electrons. The van der Waals surface area contributed by atoms with E-state index in [9.17, 15) is 17.6 Å². The minimum absolute atomic E-state index is 0.0171. The first-order valence-corrected chi connectivity index (χ1v) is 14.7. The second-order valence-electron chi connectivity index (χ2n) is 10.2. The molecule has 0 atom stereocenters. The quantitative estimate of drug-likeness (QED) is 0.310. The zero-order valence-electron chi connectivity index (χ0n) is 22.3. The monoisotopic (exact) mass is 577 g/mol. The second-order valence-corrected chi connectivity index (χ2v) is 11.8. The number of ether oxygens (including phenoxy) is 1. The molecule has 2 aliphatic rings. The van der Waals surface area contributed by atoms with E-state index in [1.54, 1.807) is 24.0 Å². The third-order valence-electron chi connectivity index (χ3n) is 7.55. The molecule has 0 saturated carbocycles. The predicted octanol–water partition coefficient (Wildman–Crippen LogP) is 5.11. The lowest BCUT2D eigenvalue weighted by molar-refractivity contribution is 0.0713. The molecule has 1 fully saturated rings. The molecule has 0 unspecified atom stereocenters. The summed E-state index contributed by atoms with van der Waals surface area (Å²) in [5, 5.41) is 6.68. The summed E-state index contributed by atoms with van der Waals surface area (Å²) in [6.45, 7) is 3.64. The number of sulfonamides is 1. The highest BCUT2D eigenvalue weighted by molar-refractivity contribution is 7.92. The van der Waals surface area contributed by atoms with Crippen LogP contribution in [0.2, 0.25) is 0 Å². The topological polar surface area (TPSA) is 127 Å². The van der Waals surface area contributed by atoms with Crippen molar-refractivity contribution in [3.8, 4) is 0 Å². The molecule has 2 aliphatic heterocycles. The first kappa shape index (κ1) is 26.9. The number of hydrogen-bond donors (Lipinski definition) is 2. The zero-order chi connectivity index (χ0) is 28.6. The Labute approximate surface area is 236 Å². The van der Waals surface area contributed by atoms with Crippen molar-refractivity contribution in [2.45, 2.75) is 43.9 Å². The van der Waals surface area contributed by atoms with Gasteiger partial charge in [-0.15, -0.1) is 0 Å². The van der Waals surface area contributed by atoms with Gasteiger partial charge in [0.05, 0.1) is 24.5 Å². The predicted molar refractivity (Wildman–Crippen MR) is 149 cm³/mol. The molecule has 0 bridgehead atoms. The lowest BCUT2D eigenvalue weighted by Gasteiger charge is -2.33. The molecule has 41 heavy (non-hydrogen) atoms. The summed E-state index contributed by atoms with van der Waals surface area (Å²) in [4.78, 5) is 19.8. The Hall–Kier alpha value is -4.29. The molecule has 6 rings (SSSR count). The number of nitrogens with zero attached hydrogens (tertiary/aromatic N) is 3. The van der Waals surface area contributed by atoms with Gasteiger partial charge in [0, 0.05) is 36.6 Å². The fourth-order valence-corrected chi connectivity index (χ4v) is 6.53. The van der Waals surface area contributed by atoms with Gasteiger partial charge < -0.3 is 19.5 Å². The van der Waals surface area contributed by atoms with Gasteiger partial charge in [0.2, 0.25) is 0 Å². The van der Waals surface area contributed by atoms with Crippen molar-refractivity contribution in [3.05, 3.63) is 94.6 Å². The van der Waals surface area contributed by atoms with Crippen molar-refractivity contribution < 1.29 is 26.9 Å². The summed E-state index contributed by atoms with van der Waals surface area (Å²) in [6.07, 6.45) is 4.01. The molecule has 0 aliphatic carbocycles. The summed E-state index contributed by atoms with van der Waals surface area (Å²) in [6, 6.07) is 13.6. The van der Waals surface area contributed by atoms with Gasteiger partial charge in [0.25, 0.3) is 15.9 Å². The molecular formula is C29H28FN5O5S. The van der Waals surface area contributed by atoms with Crippen LogP contribution in [-0.2, 0) is 28.0 Å². The van der Waals surface area contributed by atoms with Gasteiger partial charge in [0.15, 0.2) is 10.8 Å². The molecule has 2 N–H and O–H groups in total. The lowest BCUT2D eigenvalue weighted by atomic mass is 9.89. The van der Waals surface area contributed by atoms with Gasteiger partial charge in [-0.1, -0.05) is 23.4 Å².